The fourth-order valence-electron chi connectivity index (χ4n) is 5.84. The number of hydrogen-bond acceptors (Lipinski definition) is 6. The number of aliphatic hydroxyl groups is 2. The molecule has 1 aromatic heterocycles. The molecule has 0 aliphatic carbocycles. The van der Waals surface area contributed by atoms with Crippen molar-refractivity contribution in [1.82, 2.24) is 9.88 Å². The minimum Gasteiger partial charge on any atom is -0.481 e. The number of rotatable bonds is 15. The van der Waals surface area contributed by atoms with E-state index in [0.717, 1.165) is 0 Å². The van der Waals surface area contributed by atoms with Gasteiger partial charge in [0, 0.05) is 29.4 Å². The zero-order valence-corrected chi connectivity index (χ0v) is 26.4. The van der Waals surface area contributed by atoms with Gasteiger partial charge in [-0.3, -0.25) is 9.59 Å². The van der Waals surface area contributed by atoms with Crippen LogP contribution in [0.25, 0.3) is 22.3 Å². The molecular weight excluding hydrogens is 623 g/mol. The van der Waals surface area contributed by atoms with Gasteiger partial charge in [0.25, 0.3) is 5.91 Å². The Bertz CT molecular complexity index is 1800. The molecular formula is C36H37FN2O9. The van der Waals surface area contributed by atoms with Crippen LogP contribution in [0.2, 0.25) is 0 Å². The molecule has 2 unspecified atom stereocenters. The number of aromatic nitrogens is 1. The molecule has 12 heteroatoms. The topological polar surface area (TPSA) is 186 Å². The number of carbonyl (C=O) groups excluding carboxylic acids is 1. The van der Waals surface area contributed by atoms with E-state index in [1.54, 1.807) is 12.1 Å². The summed E-state index contributed by atoms with van der Waals surface area (Å²) in [6.07, 6.45) is -2.68. The van der Waals surface area contributed by atoms with Crippen LogP contribution in [-0.2, 0) is 17.8 Å². The lowest BCUT2D eigenvalue weighted by molar-refractivity contribution is -0.139. The molecule has 3 aromatic carbocycles. The van der Waals surface area contributed by atoms with Gasteiger partial charge < -0.3 is 35.4 Å². The highest BCUT2D eigenvalue weighted by Crippen LogP contribution is 2.42. The summed E-state index contributed by atoms with van der Waals surface area (Å²) in [7, 11) is 0. The smallest absolute Gasteiger partial charge is 0.336 e. The molecule has 1 amide bonds. The highest BCUT2D eigenvalue weighted by Gasteiger charge is 2.30. The van der Waals surface area contributed by atoms with Crippen LogP contribution in [-0.4, -0.2) is 66.1 Å². The third-order valence-corrected chi connectivity index (χ3v) is 7.90. The number of aliphatic hydroxyl groups excluding tert-OH is 2. The van der Waals surface area contributed by atoms with Crippen molar-refractivity contribution in [3.63, 3.8) is 0 Å². The van der Waals surface area contributed by atoms with Gasteiger partial charge >= 0.3 is 17.9 Å². The van der Waals surface area contributed by atoms with Gasteiger partial charge in [0.1, 0.15) is 11.5 Å². The van der Waals surface area contributed by atoms with Crippen LogP contribution in [0, 0.1) is 5.82 Å². The molecule has 0 aliphatic heterocycles. The normalized spacial score (nSPS) is 12.5. The van der Waals surface area contributed by atoms with Crippen molar-refractivity contribution in [3.8, 4) is 22.3 Å². The van der Waals surface area contributed by atoms with Gasteiger partial charge in [0.2, 0.25) is 0 Å². The van der Waals surface area contributed by atoms with Crippen LogP contribution < -0.4 is 5.32 Å². The van der Waals surface area contributed by atoms with E-state index >= 15 is 0 Å². The number of halogens is 1. The summed E-state index contributed by atoms with van der Waals surface area (Å²) in [5.74, 6) is -4.99. The predicted octanol–water partition coefficient (Wildman–Crippen LogP) is 5.39. The number of aromatic carboxylic acids is 2. The zero-order valence-electron chi connectivity index (χ0n) is 26.4. The molecule has 0 saturated heterocycles. The average Bonchev–Trinajstić information content (AvgIpc) is 3.38. The first-order valence-electron chi connectivity index (χ1n) is 15.3. The van der Waals surface area contributed by atoms with E-state index < -0.39 is 53.8 Å². The molecule has 252 valence electrons. The summed E-state index contributed by atoms with van der Waals surface area (Å²) >= 11 is 0. The predicted molar refractivity (Wildman–Crippen MR) is 174 cm³/mol. The first-order chi connectivity index (χ1) is 22.8. The monoisotopic (exact) mass is 660 g/mol. The van der Waals surface area contributed by atoms with Crippen LogP contribution in [0.3, 0.4) is 0 Å². The molecule has 1 heterocycles. The lowest BCUT2D eigenvalue weighted by Crippen LogP contribution is -2.27. The van der Waals surface area contributed by atoms with Crippen molar-refractivity contribution >= 4 is 23.8 Å². The van der Waals surface area contributed by atoms with E-state index in [0.29, 0.717) is 33.5 Å². The second kappa shape index (κ2) is 15.5. The Balaban J connectivity index is 1.84. The number of amides is 1. The molecule has 2 atom stereocenters. The standard InChI is InChI=1S/C36H37FN2O9/c1-20(2)39-29(15-13-25(40)17-26(41)18-30(42)43)31(23-9-11-24(37)12-10-23)32(22-6-4-3-5-7-22)33(39)34(44)38-19-21-8-14-27(35(45)46)28(16-21)36(47)48/h3-12,14,16,20,25-26,40-41H,13,15,17-19H2,1-2H3,(H,38,44)(H,42,43)(H,45,46)(H,47,48). The van der Waals surface area contributed by atoms with E-state index in [9.17, 15) is 44.0 Å². The van der Waals surface area contributed by atoms with E-state index in [-0.39, 0.29) is 43.1 Å². The zero-order chi connectivity index (χ0) is 35.1. The van der Waals surface area contributed by atoms with Crippen LogP contribution in [0.5, 0.6) is 0 Å². The Morgan fingerprint density at radius 1 is 0.792 bits per heavy atom. The molecule has 0 radical (unpaired) electrons. The van der Waals surface area contributed by atoms with Gasteiger partial charge in [-0.1, -0.05) is 48.5 Å². The first-order valence-corrected chi connectivity index (χ1v) is 15.3. The van der Waals surface area contributed by atoms with Crippen molar-refractivity contribution in [3.05, 3.63) is 107 Å². The Labute approximate surface area is 275 Å². The number of hydrogen-bond donors (Lipinski definition) is 6. The lowest BCUT2D eigenvalue weighted by atomic mass is 9.92. The lowest BCUT2D eigenvalue weighted by Gasteiger charge is -2.20. The number of benzene rings is 3. The summed E-state index contributed by atoms with van der Waals surface area (Å²) in [5, 5.41) is 51.7. The number of nitrogens with zero attached hydrogens (tertiary/aromatic N) is 1. The molecule has 11 nitrogen and oxygen atoms in total. The van der Waals surface area contributed by atoms with Crippen molar-refractivity contribution in [2.75, 3.05) is 0 Å². The molecule has 4 aromatic rings. The maximum atomic E-state index is 14.2. The SMILES string of the molecule is CC(C)n1c(CCC(O)CC(O)CC(=O)O)c(-c2ccc(F)cc2)c(-c2ccccc2)c1C(=O)NCc1ccc(C(=O)O)c(C(=O)O)c1. The highest BCUT2D eigenvalue weighted by molar-refractivity contribution is 6.05. The molecule has 0 aliphatic rings. The fourth-order valence-corrected chi connectivity index (χ4v) is 5.84. The summed E-state index contributed by atoms with van der Waals surface area (Å²) in [6, 6.07) is 18.4. The third kappa shape index (κ3) is 8.33. The second-order valence-electron chi connectivity index (χ2n) is 11.7. The number of carboxylic acids is 3. The van der Waals surface area contributed by atoms with Crippen LogP contribution in [0.4, 0.5) is 4.39 Å². The highest BCUT2D eigenvalue weighted by atomic mass is 19.1. The largest absolute Gasteiger partial charge is 0.481 e. The van der Waals surface area contributed by atoms with E-state index in [2.05, 4.69) is 5.32 Å². The van der Waals surface area contributed by atoms with Crippen LogP contribution in [0.1, 0.15) is 81.6 Å². The van der Waals surface area contributed by atoms with Gasteiger partial charge in [0.15, 0.2) is 0 Å². The third-order valence-electron chi connectivity index (χ3n) is 7.90. The molecule has 0 spiro atoms. The Hall–Kier alpha value is -5.33. The minimum absolute atomic E-state index is 0.116. The summed E-state index contributed by atoms with van der Waals surface area (Å²) in [5.41, 5.74) is 2.90. The maximum absolute atomic E-state index is 14.2. The van der Waals surface area contributed by atoms with Gasteiger partial charge in [0.05, 0.1) is 29.8 Å². The van der Waals surface area contributed by atoms with Crippen LogP contribution >= 0.6 is 0 Å². The number of carboxylic acid groups (broad SMARTS) is 3. The molecule has 0 saturated carbocycles. The van der Waals surface area contributed by atoms with Gasteiger partial charge in [-0.2, -0.15) is 0 Å². The van der Waals surface area contributed by atoms with E-state index in [4.69, 9.17) is 5.11 Å². The van der Waals surface area contributed by atoms with E-state index in [1.165, 1.54) is 30.3 Å². The van der Waals surface area contributed by atoms with Crippen molar-refractivity contribution in [2.24, 2.45) is 0 Å². The quantitative estimate of drug-likeness (QED) is 0.0973. The number of nitrogens with one attached hydrogen (secondary N) is 1. The second-order valence-corrected chi connectivity index (χ2v) is 11.7. The van der Waals surface area contributed by atoms with Gasteiger partial charge in [-0.15, -0.1) is 0 Å². The Morgan fingerprint density at radius 2 is 1.42 bits per heavy atom. The molecule has 6 N–H and O–H groups in total. The number of aliphatic carboxylic acids is 1. The van der Waals surface area contributed by atoms with Gasteiger partial charge in [-0.25, -0.2) is 14.0 Å². The van der Waals surface area contributed by atoms with E-state index in [1.807, 2.05) is 48.7 Å². The molecule has 0 bridgehead atoms. The Kier molecular flexibility index (Phi) is 11.5. The summed E-state index contributed by atoms with van der Waals surface area (Å²) < 4.78 is 15.9. The minimum atomic E-state index is -1.42. The molecule has 4 rings (SSSR count). The summed E-state index contributed by atoms with van der Waals surface area (Å²) in [6.45, 7) is 3.62. The molecule has 0 fully saturated rings. The van der Waals surface area contributed by atoms with Gasteiger partial charge in [-0.05, 0) is 74.1 Å². The number of carbonyl (C=O) groups is 4. The molecule has 48 heavy (non-hydrogen) atoms. The van der Waals surface area contributed by atoms with Crippen LogP contribution in [0.15, 0.2) is 72.8 Å². The first kappa shape index (κ1) is 35.5. The van der Waals surface area contributed by atoms with Crippen molar-refractivity contribution < 1.29 is 49.1 Å². The van der Waals surface area contributed by atoms with Crippen molar-refractivity contribution in [2.45, 2.75) is 64.3 Å². The average molecular weight is 661 g/mol. The van der Waals surface area contributed by atoms with Crippen molar-refractivity contribution in [1.29, 1.82) is 0 Å². The summed E-state index contributed by atoms with van der Waals surface area (Å²) in [4.78, 5) is 48.5. The Morgan fingerprint density at radius 3 is 2.00 bits per heavy atom. The fraction of sp³-hybridized carbons (Fsp3) is 0.278. The maximum Gasteiger partial charge on any atom is 0.336 e.